The highest BCUT2D eigenvalue weighted by molar-refractivity contribution is 7.84. The molecule has 2 atom stereocenters. The molecule has 3 heterocycles. The first-order chi connectivity index (χ1) is 23.6. The SMILES string of the molecule is CNC(=O)[C@]1(C)CCN1c1nc(-c2cc(OCOC)cc3ccc(F)c(C#C[Si](C(C)C)(C(C)C)C(C)C)c23)c(F)c2nc(S(C)=O)ncc12. The summed E-state index contributed by atoms with van der Waals surface area (Å²) in [7, 11) is -0.884. The van der Waals surface area contributed by atoms with E-state index in [9.17, 15) is 9.00 Å². The smallest absolute Gasteiger partial charge is 0.245 e. The third-order valence-electron chi connectivity index (χ3n) is 10.2. The van der Waals surface area contributed by atoms with Gasteiger partial charge in [0.05, 0.1) is 21.7 Å². The molecule has 1 amide bonds. The van der Waals surface area contributed by atoms with E-state index in [0.29, 0.717) is 46.1 Å². The molecule has 266 valence electrons. The van der Waals surface area contributed by atoms with E-state index in [0.717, 1.165) is 0 Å². The summed E-state index contributed by atoms with van der Waals surface area (Å²) >= 11 is 0. The summed E-state index contributed by atoms with van der Waals surface area (Å²) in [5.41, 5.74) is 3.63. The second kappa shape index (κ2) is 14.3. The predicted octanol–water partition coefficient (Wildman–Crippen LogP) is 7.13. The highest BCUT2D eigenvalue weighted by Gasteiger charge is 2.48. The third-order valence-corrected chi connectivity index (χ3v) is 17.2. The first kappa shape index (κ1) is 37.3. The zero-order valence-electron chi connectivity index (χ0n) is 30.3. The second-order valence-electron chi connectivity index (χ2n) is 13.9. The summed E-state index contributed by atoms with van der Waals surface area (Å²) in [5, 5.41) is 3.83. The molecule has 0 bridgehead atoms. The van der Waals surface area contributed by atoms with Crippen LogP contribution < -0.4 is 15.0 Å². The number of fused-ring (bicyclic) bond motifs is 2. The molecule has 13 heteroatoms. The Balaban J connectivity index is 1.92. The maximum Gasteiger partial charge on any atom is 0.245 e. The number of hydrogen-bond donors (Lipinski definition) is 1. The van der Waals surface area contributed by atoms with Gasteiger partial charge in [0.1, 0.15) is 42.2 Å². The zero-order chi connectivity index (χ0) is 36.7. The van der Waals surface area contributed by atoms with E-state index in [4.69, 9.17) is 14.5 Å². The molecule has 50 heavy (non-hydrogen) atoms. The minimum absolute atomic E-state index is 0.0610. The number of halogens is 2. The Morgan fingerprint density at radius 3 is 2.36 bits per heavy atom. The van der Waals surface area contributed by atoms with Crippen LogP contribution >= 0.6 is 0 Å². The van der Waals surface area contributed by atoms with Crippen molar-refractivity contribution in [2.24, 2.45) is 0 Å². The quantitative estimate of drug-likeness (QED) is 0.0799. The van der Waals surface area contributed by atoms with Crippen LogP contribution in [0.5, 0.6) is 5.75 Å². The number of hydrogen-bond acceptors (Lipinski definition) is 8. The van der Waals surface area contributed by atoms with Crippen molar-refractivity contribution < 1.29 is 27.3 Å². The summed E-state index contributed by atoms with van der Waals surface area (Å²) < 4.78 is 56.7. The number of amides is 1. The number of methoxy groups -OCH3 is 1. The summed E-state index contributed by atoms with van der Waals surface area (Å²) in [5.74, 6) is 2.31. The lowest BCUT2D eigenvalue weighted by molar-refractivity contribution is -0.127. The van der Waals surface area contributed by atoms with Crippen molar-refractivity contribution in [3.8, 4) is 28.5 Å². The summed E-state index contributed by atoms with van der Waals surface area (Å²) in [6.07, 6.45) is 3.33. The number of benzene rings is 2. The van der Waals surface area contributed by atoms with Gasteiger partial charge in [-0.2, -0.15) is 0 Å². The molecular formula is C37H45F2N5O4SSi. The second-order valence-corrected chi connectivity index (χ2v) is 20.8. The maximum absolute atomic E-state index is 17.1. The minimum atomic E-state index is -2.31. The number of nitrogens with zero attached hydrogens (tertiary/aromatic N) is 4. The van der Waals surface area contributed by atoms with Gasteiger partial charge in [0.25, 0.3) is 0 Å². The maximum atomic E-state index is 17.1. The normalized spacial score (nSPS) is 16.9. The molecule has 0 spiro atoms. The Morgan fingerprint density at radius 2 is 1.80 bits per heavy atom. The van der Waals surface area contributed by atoms with Crippen LogP contribution in [0.25, 0.3) is 32.9 Å². The molecule has 5 rings (SSSR count). The van der Waals surface area contributed by atoms with Gasteiger partial charge in [-0.05, 0) is 53.6 Å². The predicted molar refractivity (Wildman–Crippen MR) is 197 cm³/mol. The summed E-state index contributed by atoms with van der Waals surface area (Å²) in [6.45, 7) is 15.3. The monoisotopic (exact) mass is 721 g/mol. The Labute approximate surface area is 296 Å². The van der Waals surface area contributed by atoms with Crippen molar-refractivity contribution in [1.29, 1.82) is 0 Å². The molecule has 9 nitrogen and oxygen atoms in total. The van der Waals surface area contributed by atoms with Crippen molar-refractivity contribution >= 4 is 52.3 Å². The van der Waals surface area contributed by atoms with Gasteiger partial charge in [-0.3, -0.25) is 9.00 Å². The van der Waals surface area contributed by atoms with Gasteiger partial charge in [-0.25, -0.2) is 23.7 Å². The minimum Gasteiger partial charge on any atom is -0.468 e. The van der Waals surface area contributed by atoms with Gasteiger partial charge in [0.15, 0.2) is 12.6 Å². The number of aromatic nitrogens is 3. The molecule has 1 aliphatic heterocycles. The van der Waals surface area contributed by atoms with Crippen LogP contribution in [0.1, 0.15) is 60.5 Å². The van der Waals surface area contributed by atoms with E-state index < -0.39 is 36.0 Å². The van der Waals surface area contributed by atoms with Crippen molar-refractivity contribution in [3.05, 3.63) is 47.7 Å². The van der Waals surface area contributed by atoms with E-state index in [-0.39, 0.29) is 51.4 Å². The van der Waals surface area contributed by atoms with Crippen LogP contribution in [0, 0.1) is 23.1 Å². The van der Waals surface area contributed by atoms with Gasteiger partial charge in [0, 0.05) is 44.1 Å². The molecule has 0 radical (unpaired) electrons. The van der Waals surface area contributed by atoms with Crippen LogP contribution in [-0.2, 0) is 20.3 Å². The highest BCUT2D eigenvalue weighted by Crippen LogP contribution is 2.44. The molecule has 1 unspecified atom stereocenters. The van der Waals surface area contributed by atoms with Gasteiger partial charge < -0.3 is 19.7 Å². The summed E-state index contributed by atoms with van der Waals surface area (Å²) in [6, 6.07) is 6.30. The Bertz CT molecular complexity index is 2040. The molecule has 2 aromatic heterocycles. The Morgan fingerprint density at radius 1 is 1.12 bits per heavy atom. The van der Waals surface area contributed by atoms with E-state index in [2.05, 4.69) is 68.3 Å². The van der Waals surface area contributed by atoms with Crippen LogP contribution in [0.2, 0.25) is 16.6 Å². The molecule has 1 saturated heterocycles. The highest BCUT2D eigenvalue weighted by atomic mass is 32.2. The number of carbonyl (C=O) groups excluding carboxylic acids is 1. The molecule has 1 aliphatic rings. The molecule has 4 aromatic rings. The molecule has 1 fully saturated rings. The fourth-order valence-electron chi connectivity index (χ4n) is 7.49. The molecular weight excluding hydrogens is 677 g/mol. The topological polar surface area (TPSA) is 107 Å². The number of anilines is 1. The van der Waals surface area contributed by atoms with Gasteiger partial charge in [0.2, 0.25) is 11.1 Å². The Kier molecular flexibility index (Phi) is 10.7. The fraction of sp³-hybridized carbons (Fsp3) is 0.459. The largest absolute Gasteiger partial charge is 0.468 e. The van der Waals surface area contributed by atoms with Crippen molar-refractivity contribution in [1.82, 2.24) is 20.3 Å². The molecule has 0 aliphatic carbocycles. The van der Waals surface area contributed by atoms with Crippen LogP contribution in [0.3, 0.4) is 0 Å². The first-order valence-corrected chi connectivity index (χ1v) is 20.5. The molecule has 2 aromatic carbocycles. The van der Waals surface area contributed by atoms with Crippen LogP contribution in [-0.4, -0.2) is 72.4 Å². The number of pyridine rings is 1. The number of ether oxygens (including phenoxy) is 2. The van der Waals surface area contributed by atoms with Crippen molar-refractivity contribution in [2.45, 2.75) is 82.2 Å². The van der Waals surface area contributed by atoms with Crippen molar-refractivity contribution in [2.75, 3.05) is 38.7 Å². The average Bonchev–Trinajstić information content (AvgIpc) is 3.07. The lowest BCUT2D eigenvalue weighted by atomic mass is 9.85. The fourth-order valence-corrected chi connectivity index (χ4v) is 13.1. The lowest BCUT2D eigenvalue weighted by Gasteiger charge is -2.50. The van der Waals surface area contributed by atoms with Crippen molar-refractivity contribution in [3.63, 3.8) is 0 Å². The van der Waals surface area contributed by atoms with Gasteiger partial charge in [-0.1, -0.05) is 53.5 Å². The summed E-state index contributed by atoms with van der Waals surface area (Å²) in [4.78, 5) is 28.4. The van der Waals surface area contributed by atoms with E-state index in [1.165, 1.54) is 25.6 Å². The number of carbonyl (C=O) groups is 1. The zero-order valence-corrected chi connectivity index (χ0v) is 32.1. The van der Waals surface area contributed by atoms with Gasteiger partial charge in [-0.15, -0.1) is 5.54 Å². The Hall–Kier alpha value is -3.99. The van der Waals surface area contributed by atoms with E-state index in [1.54, 1.807) is 37.1 Å². The number of likely N-dealkylation sites (N-methyl/N-ethyl adjacent to an activating group) is 1. The van der Waals surface area contributed by atoms with Gasteiger partial charge >= 0.3 is 0 Å². The van der Waals surface area contributed by atoms with E-state index in [1.807, 2.05) is 0 Å². The number of rotatable bonds is 10. The first-order valence-electron chi connectivity index (χ1n) is 16.7. The standard InChI is InChI=1S/C37H45F2N5O4SSi/c1-21(2)50(22(3)4,23(5)6)16-13-26-29(38)12-11-24-17-25(48-20-47-9)18-27(30(24)26)32-31(39)33-28(19-41-36(43-33)49(10)46)34(42-32)44-15-14-37(44,7)35(45)40-8/h11-12,17-19,21-23H,14-15,20H2,1-10H3,(H,40,45)/t37-,49?/m0/s1. The molecule has 1 N–H and O–H groups in total. The molecule has 0 saturated carbocycles. The third kappa shape index (κ3) is 6.26. The lowest BCUT2D eigenvalue weighted by Crippen LogP contribution is -2.66. The van der Waals surface area contributed by atoms with Crippen LogP contribution in [0.4, 0.5) is 14.6 Å². The van der Waals surface area contributed by atoms with Crippen LogP contribution in [0.15, 0.2) is 35.6 Å². The van der Waals surface area contributed by atoms with E-state index >= 15 is 8.78 Å². The average molecular weight is 722 g/mol. The number of nitrogens with one attached hydrogen (secondary N) is 1.